The van der Waals surface area contributed by atoms with Crippen LogP contribution in [0, 0.1) is 6.92 Å². The fourth-order valence-corrected chi connectivity index (χ4v) is 2.38. The molecule has 0 bridgehead atoms. The lowest BCUT2D eigenvalue weighted by molar-refractivity contribution is -0.687. The van der Waals surface area contributed by atoms with Gasteiger partial charge in [0.1, 0.15) is 0 Å². The molecule has 0 spiro atoms. The summed E-state index contributed by atoms with van der Waals surface area (Å²) in [6.07, 6.45) is 2.05. The second-order valence-electron chi connectivity index (χ2n) is 4.96. The van der Waals surface area contributed by atoms with Gasteiger partial charge in [0.05, 0.1) is 0 Å². The molecule has 0 fully saturated rings. The molecule has 0 aliphatic rings. The van der Waals surface area contributed by atoms with E-state index in [2.05, 4.69) is 18.2 Å². The van der Waals surface area contributed by atoms with Crippen molar-refractivity contribution in [3.8, 4) is 0 Å². The Kier molecular flexibility index (Phi) is 3.30. The summed E-state index contributed by atoms with van der Waals surface area (Å²) in [7, 11) is 0. The van der Waals surface area contributed by atoms with Crippen LogP contribution in [0.1, 0.15) is 16.1 Å². The number of nitrogens with zero attached hydrogens (tertiary/aromatic N) is 1. The lowest BCUT2D eigenvalue weighted by atomic mass is 10.1. The van der Waals surface area contributed by atoms with E-state index in [9.17, 15) is 4.79 Å². The van der Waals surface area contributed by atoms with E-state index in [1.165, 1.54) is 5.39 Å². The van der Waals surface area contributed by atoms with Crippen molar-refractivity contribution in [3.05, 3.63) is 78.1 Å². The third kappa shape index (κ3) is 2.45. The third-order valence-corrected chi connectivity index (χ3v) is 3.52. The Hall–Kier alpha value is -2.48. The molecule has 3 rings (SSSR count). The van der Waals surface area contributed by atoms with Gasteiger partial charge in [-0.3, -0.25) is 4.79 Å². The van der Waals surface area contributed by atoms with Crippen molar-refractivity contribution in [1.82, 2.24) is 0 Å². The van der Waals surface area contributed by atoms with Gasteiger partial charge < -0.3 is 0 Å². The number of hydrogen-bond donors (Lipinski definition) is 0. The van der Waals surface area contributed by atoms with Crippen LogP contribution in [-0.2, 0) is 6.54 Å². The van der Waals surface area contributed by atoms with Crippen LogP contribution in [0.3, 0.4) is 0 Å². The zero-order chi connectivity index (χ0) is 13.9. The Balaban J connectivity index is 1.95. The number of pyridine rings is 1. The zero-order valence-electron chi connectivity index (χ0n) is 11.4. The van der Waals surface area contributed by atoms with Gasteiger partial charge in [-0.1, -0.05) is 48.5 Å². The summed E-state index contributed by atoms with van der Waals surface area (Å²) in [5.74, 6) is 0.133. The van der Waals surface area contributed by atoms with Crippen molar-refractivity contribution >= 4 is 16.6 Å². The molecule has 98 valence electrons. The van der Waals surface area contributed by atoms with E-state index >= 15 is 0 Å². The SMILES string of the molecule is Cc1cc2ccccc2c[n+]1CC(=O)c1ccccc1. The van der Waals surface area contributed by atoms with E-state index < -0.39 is 0 Å². The maximum atomic E-state index is 12.3. The van der Waals surface area contributed by atoms with Crippen molar-refractivity contribution in [2.45, 2.75) is 13.5 Å². The van der Waals surface area contributed by atoms with Crippen molar-refractivity contribution in [2.24, 2.45) is 0 Å². The Labute approximate surface area is 118 Å². The summed E-state index contributed by atoms with van der Waals surface area (Å²) in [4.78, 5) is 12.3. The number of Topliss-reactive ketones (excluding diaryl/α,β-unsaturated/α-hetero) is 1. The Morgan fingerprint density at radius 2 is 1.60 bits per heavy atom. The highest BCUT2D eigenvalue weighted by Crippen LogP contribution is 2.12. The van der Waals surface area contributed by atoms with E-state index in [1.807, 2.05) is 60.2 Å². The van der Waals surface area contributed by atoms with Crippen molar-refractivity contribution < 1.29 is 9.36 Å². The van der Waals surface area contributed by atoms with E-state index in [0.717, 1.165) is 16.6 Å². The molecule has 2 heteroatoms. The lowest BCUT2D eigenvalue weighted by Gasteiger charge is -2.03. The number of benzene rings is 2. The molecule has 2 nitrogen and oxygen atoms in total. The van der Waals surface area contributed by atoms with E-state index in [0.29, 0.717) is 6.54 Å². The summed E-state index contributed by atoms with van der Waals surface area (Å²) in [5, 5.41) is 2.35. The van der Waals surface area contributed by atoms with E-state index in [4.69, 9.17) is 0 Å². The minimum absolute atomic E-state index is 0.133. The van der Waals surface area contributed by atoms with Gasteiger partial charge in [0, 0.05) is 23.9 Å². The molecule has 0 aliphatic heterocycles. The van der Waals surface area contributed by atoms with Crippen LogP contribution in [0.2, 0.25) is 0 Å². The number of ketones is 1. The maximum Gasteiger partial charge on any atom is 0.227 e. The average molecular weight is 262 g/mol. The zero-order valence-corrected chi connectivity index (χ0v) is 11.4. The number of hydrogen-bond acceptors (Lipinski definition) is 1. The number of carbonyl (C=O) groups is 1. The summed E-state index contributed by atoms with van der Waals surface area (Å²) < 4.78 is 2.01. The minimum atomic E-state index is 0.133. The molecule has 0 N–H and O–H groups in total. The highest BCUT2D eigenvalue weighted by Gasteiger charge is 2.15. The van der Waals surface area contributed by atoms with Gasteiger partial charge in [0.2, 0.25) is 12.3 Å². The maximum absolute atomic E-state index is 12.3. The quantitative estimate of drug-likeness (QED) is 0.524. The first-order valence-electron chi connectivity index (χ1n) is 6.71. The van der Waals surface area contributed by atoms with Crippen LogP contribution in [0.15, 0.2) is 66.9 Å². The number of rotatable bonds is 3. The fourth-order valence-electron chi connectivity index (χ4n) is 2.38. The Bertz CT molecular complexity index is 763. The number of aryl methyl sites for hydroxylation is 1. The van der Waals surface area contributed by atoms with Crippen molar-refractivity contribution in [1.29, 1.82) is 0 Å². The fraction of sp³-hybridized carbons (Fsp3) is 0.111. The second-order valence-corrected chi connectivity index (χ2v) is 4.96. The highest BCUT2D eigenvalue weighted by atomic mass is 16.1. The highest BCUT2D eigenvalue weighted by molar-refractivity contribution is 5.95. The molecule has 1 aromatic heterocycles. The second kappa shape index (κ2) is 5.25. The van der Waals surface area contributed by atoms with Gasteiger partial charge in [0.25, 0.3) is 0 Å². The topological polar surface area (TPSA) is 20.9 Å². The monoisotopic (exact) mass is 262 g/mol. The van der Waals surface area contributed by atoms with E-state index in [1.54, 1.807) is 0 Å². The van der Waals surface area contributed by atoms with Gasteiger partial charge in [0.15, 0.2) is 11.9 Å². The molecule has 0 saturated heterocycles. The number of aromatic nitrogens is 1. The molecule has 0 unspecified atom stereocenters. The summed E-state index contributed by atoms with van der Waals surface area (Å²) in [5.41, 5.74) is 1.85. The molecular formula is C18H16NO+. The molecule has 1 heterocycles. The molecule has 3 aromatic rings. The van der Waals surface area contributed by atoms with Crippen LogP contribution in [0.4, 0.5) is 0 Å². The number of carbonyl (C=O) groups excluding carboxylic acids is 1. The Morgan fingerprint density at radius 3 is 2.35 bits per heavy atom. The first kappa shape index (κ1) is 12.5. The van der Waals surface area contributed by atoms with Crippen LogP contribution < -0.4 is 4.57 Å². The lowest BCUT2D eigenvalue weighted by Crippen LogP contribution is -2.40. The largest absolute Gasteiger partial charge is 0.287 e. The van der Waals surface area contributed by atoms with Gasteiger partial charge >= 0.3 is 0 Å². The summed E-state index contributed by atoms with van der Waals surface area (Å²) in [6.45, 7) is 2.41. The van der Waals surface area contributed by atoms with Crippen molar-refractivity contribution in [2.75, 3.05) is 0 Å². The molecule has 0 atom stereocenters. The normalized spacial score (nSPS) is 10.7. The molecule has 0 aliphatic carbocycles. The molecular weight excluding hydrogens is 246 g/mol. The van der Waals surface area contributed by atoms with Crippen molar-refractivity contribution in [3.63, 3.8) is 0 Å². The smallest absolute Gasteiger partial charge is 0.227 e. The Morgan fingerprint density at radius 1 is 0.950 bits per heavy atom. The van der Waals surface area contributed by atoms with Gasteiger partial charge in [-0.2, -0.15) is 4.57 Å². The van der Waals surface area contributed by atoms with Crippen LogP contribution in [0.5, 0.6) is 0 Å². The van der Waals surface area contributed by atoms with Crippen LogP contribution in [-0.4, -0.2) is 5.78 Å². The minimum Gasteiger partial charge on any atom is -0.287 e. The molecule has 20 heavy (non-hydrogen) atoms. The molecule has 0 saturated carbocycles. The van der Waals surface area contributed by atoms with Crippen LogP contribution >= 0.6 is 0 Å². The third-order valence-electron chi connectivity index (χ3n) is 3.52. The standard InChI is InChI=1S/C18H16NO/c1-14-11-16-9-5-6-10-17(16)12-19(14)13-18(20)15-7-3-2-4-8-15/h2-12H,13H2,1H3/q+1. The van der Waals surface area contributed by atoms with E-state index in [-0.39, 0.29) is 5.78 Å². The van der Waals surface area contributed by atoms with Gasteiger partial charge in [-0.15, -0.1) is 0 Å². The average Bonchev–Trinajstić information content (AvgIpc) is 2.49. The first-order chi connectivity index (χ1) is 9.74. The first-order valence-corrected chi connectivity index (χ1v) is 6.71. The molecule has 0 amide bonds. The predicted molar refractivity (Wildman–Crippen MR) is 79.7 cm³/mol. The predicted octanol–water partition coefficient (Wildman–Crippen LogP) is 3.32. The summed E-state index contributed by atoms with van der Waals surface area (Å²) >= 11 is 0. The van der Waals surface area contributed by atoms with Crippen LogP contribution in [0.25, 0.3) is 10.8 Å². The van der Waals surface area contributed by atoms with Gasteiger partial charge in [-0.25, -0.2) is 0 Å². The molecule has 0 radical (unpaired) electrons. The summed E-state index contributed by atoms with van der Waals surface area (Å²) in [6, 6.07) is 19.7. The van der Waals surface area contributed by atoms with Gasteiger partial charge in [-0.05, 0) is 11.5 Å². The molecule has 2 aromatic carbocycles. The number of fused-ring (bicyclic) bond motifs is 1.